The van der Waals surface area contributed by atoms with Gasteiger partial charge in [-0.3, -0.25) is 9.69 Å². The highest BCUT2D eigenvalue weighted by atomic mass is 79.9. The van der Waals surface area contributed by atoms with Crippen LogP contribution in [0.4, 0.5) is 0 Å². The number of benzene rings is 1. The molecule has 8 heteroatoms. The van der Waals surface area contributed by atoms with Crippen LogP contribution < -0.4 is 4.74 Å². The van der Waals surface area contributed by atoms with Gasteiger partial charge in [-0.25, -0.2) is 8.42 Å². The van der Waals surface area contributed by atoms with Gasteiger partial charge in [0.25, 0.3) is 5.91 Å². The van der Waals surface area contributed by atoms with E-state index in [2.05, 4.69) is 20.8 Å². The Morgan fingerprint density at radius 3 is 2.54 bits per heavy atom. The number of ether oxygens (including phenoxy) is 1. The molecule has 1 atom stereocenters. The van der Waals surface area contributed by atoms with Crippen LogP contribution in [0.1, 0.15) is 16.8 Å². The highest BCUT2D eigenvalue weighted by Crippen LogP contribution is 2.25. The first-order chi connectivity index (χ1) is 11.4. The molecule has 0 aliphatic carbocycles. The highest BCUT2D eigenvalue weighted by Gasteiger charge is 2.34. The molecular weight excluding hydrogens is 396 g/mol. The number of carbonyl (C=O) groups is 1. The molecule has 0 aromatic heterocycles. The molecule has 24 heavy (non-hydrogen) atoms. The Labute approximate surface area is 150 Å². The van der Waals surface area contributed by atoms with E-state index in [1.165, 1.54) is 0 Å². The van der Waals surface area contributed by atoms with Gasteiger partial charge in [0, 0.05) is 36.7 Å². The minimum atomic E-state index is -2.87. The molecule has 132 valence electrons. The topological polar surface area (TPSA) is 66.9 Å². The lowest BCUT2D eigenvalue weighted by Gasteiger charge is -2.37. The number of halogens is 1. The van der Waals surface area contributed by atoms with Gasteiger partial charge in [0.2, 0.25) is 0 Å². The number of amides is 1. The molecule has 1 aromatic carbocycles. The monoisotopic (exact) mass is 416 g/mol. The zero-order chi connectivity index (χ0) is 17.3. The second-order valence-corrected chi connectivity index (χ2v) is 9.31. The number of hydrogen-bond donors (Lipinski definition) is 0. The van der Waals surface area contributed by atoms with Crippen molar-refractivity contribution in [2.45, 2.75) is 12.5 Å². The maximum absolute atomic E-state index is 12.7. The first kappa shape index (κ1) is 17.7. The number of piperazine rings is 1. The maximum Gasteiger partial charge on any atom is 0.255 e. The third-order valence-electron chi connectivity index (χ3n) is 4.73. The van der Waals surface area contributed by atoms with Crippen LogP contribution in [-0.2, 0) is 9.84 Å². The van der Waals surface area contributed by atoms with Crippen LogP contribution in [0.3, 0.4) is 0 Å². The Morgan fingerprint density at radius 1 is 1.25 bits per heavy atom. The molecule has 0 bridgehead atoms. The van der Waals surface area contributed by atoms with E-state index in [0.29, 0.717) is 43.9 Å². The summed E-state index contributed by atoms with van der Waals surface area (Å²) in [6, 6.07) is 5.46. The average Bonchev–Trinajstić information content (AvgIpc) is 2.95. The van der Waals surface area contributed by atoms with Gasteiger partial charge in [0.15, 0.2) is 9.84 Å². The lowest BCUT2D eigenvalue weighted by Crippen LogP contribution is -2.52. The van der Waals surface area contributed by atoms with Crippen LogP contribution in [0.25, 0.3) is 0 Å². The molecule has 0 radical (unpaired) electrons. The highest BCUT2D eigenvalue weighted by molar-refractivity contribution is 9.10. The molecule has 1 unspecified atom stereocenters. The Kier molecular flexibility index (Phi) is 5.17. The lowest BCUT2D eigenvalue weighted by molar-refractivity contribution is 0.0586. The fraction of sp³-hybridized carbons (Fsp3) is 0.562. The summed E-state index contributed by atoms with van der Waals surface area (Å²) in [5, 5.41) is 0. The van der Waals surface area contributed by atoms with Crippen molar-refractivity contribution < 1.29 is 17.9 Å². The van der Waals surface area contributed by atoms with Crippen LogP contribution in [0, 0.1) is 0 Å². The van der Waals surface area contributed by atoms with E-state index in [1.54, 1.807) is 19.2 Å². The molecule has 6 nitrogen and oxygen atoms in total. The summed E-state index contributed by atoms with van der Waals surface area (Å²) >= 11 is 3.42. The van der Waals surface area contributed by atoms with Crippen molar-refractivity contribution in [1.29, 1.82) is 0 Å². The molecule has 2 saturated heterocycles. The summed E-state index contributed by atoms with van der Waals surface area (Å²) in [6.07, 6.45) is 0.706. The van der Waals surface area contributed by atoms with Gasteiger partial charge in [0.05, 0.1) is 24.2 Å². The number of methoxy groups -OCH3 is 1. The van der Waals surface area contributed by atoms with Gasteiger partial charge in [-0.2, -0.15) is 0 Å². The molecule has 2 fully saturated rings. The van der Waals surface area contributed by atoms with Gasteiger partial charge in [0.1, 0.15) is 5.75 Å². The number of nitrogens with zero attached hydrogens (tertiary/aromatic N) is 2. The van der Waals surface area contributed by atoms with E-state index in [-0.39, 0.29) is 23.5 Å². The molecule has 2 heterocycles. The summed E-state index contributed by atoms with van der Waals surface area (Å²) in [4.78, 5) is 16.8. The molecule has 3 rings (SSSR count). The van der Waals surface area contributed by atoms with E-state index in [1.807, 2.05) is 11.0 Å². The second-order valence-electron chi connectivity index (χ2n) is 6.23. The van der Waals surface area contributed by atoms with E-state index in [4.69, 9.17) is 4.74 Å². The van der Waals surface area contributed by atoms with Crippen molar-refractivity contribution in [1.82, 2.24) is 9.80 Å². The first-order valence-corrected chi connectivity index (χ1v) is 10.6. The molecule has 0 spiro atoms. The Hall–Kier alpha value is -1.12. The first-order valence-electron chi connectivity index (χ1n) is 7.97. The predicted octanol–water partition coefficient (Wildman–Crippen LogP) is 1.40. The van der Waals surface area contributed by atoms with Gasteiger partial charge in [-0.1, -0.05) is 0 Å². The average molecular weight is 417 g/mol. The van der Waals surface area contributed by atoms with E-state index in [0.717, 1.165) is 4.47 Å². The predicted molar refractivity (Wildman–Crippen MR) is 95.2 cm³/mol. The van der Waals surface area contributed by atoms with Gasteiger partial charge in [-0.15, -0.1) is 0 Å². The fourth-order valence-electron chi connectivity index (χ4n) is 3.32. The van der Waals surface area contributed by atoms with Gasteiger partial charge < -0.3 is 9.64 Å². The van der Waals surface area contributed by atoms with Crippen LogP contribution >= 0.6 is 15.9 Å². The molecule has 2 aliphatic rings. The maximum atomic E-state index is 12.7. The third kappa shape index (κ3) is 3.75. The molecular formula is C16H21BrN2O4S. The summed E-state index contributed by atoms with van der Waals surface area (Å²) in [5.41, 5.74) is 0.589. The van der Waals surface area contributed by atoms with Gasteiger partial charge >= 0.3 is 0 Å². The largest absolute Gasteiger partial charge is 0.497 e. The van der Waals surface area contributed by atoms with Crippen LogP contribution in [-0.4, -0.2) is 75.0 Å². The SMILES string of the molecule is COc1ccc(Br)c(C(=O)N2CCN(C3CCS(=O)(=O)C3)CC2)c1. The minimum Gasteiger partial charge on any atom is -0.497 e. The van der Waals surface area contributed by atoms with Crippen molar-refractivity contribution in [3.05, 3.63) is 28.2 Å². The van der Waals surface area contributed by atoms with Crippen molar-refractivity contribution in [2.75, 3.05) is 44.8 Å². The summed E-state index contributed by atoms with van der Waals surface area (Å²) in [5.74, 6) is 1.16. The molecule has 2 aliphatic heterocycles. The Balaban J connectivity index is 1.63. The van der Waals surface area contributed by atoms with E-state index >= 15 is 0 Å². The zero-order valence-corrected chi connectivity index (χ0v) is 16.0. The molecule has 0 saturated carbocycles. The third-order valence-corrected chi connectivity index (χ3v) is 7.17. The smallest absolute Gasteiger partial charge is 0.255 e. The van der Waals surface area contributed by atoms with Crippen LogP contribution in [0.15, 0.2) is 22.7 Å². The fourth-order valence-corrected chi connectivity index (χ4v) is 5.50. The molecule has 1 aromatic rings. The standard InChI is InChI=1S/C16H21BrN2O4S/c1-23-13-2-3-15(17)14(10-13)16(20)19-7-5-18(6-8-19)12-4-9-24(21,22)11-12/h2-3,10,12H,4-9,11H2,1H3. The van der Waals surface area contributed by atoms with Crippen molar-refractivity contribution in [3.8, 4) is 5.75 Å². The normalized spacial score (nSPS) is 24.1. The van der Waals surface area contributed by atoms with Crippen LogP contribution in [0.2, 0.25) is 0 Å². The molecule has 1 amide bonds. The van der Waals surface area contributed by atoms with Crippen LogP contribution in [0.5, 0.6) is 5.75 Å². The zero-order valence-electron chi connectivity index (χ0n) is 13.6. The van der Waals surface area contributed by atoms with Gasteiger partial charge in [-0.05, 0) is 40.5 Å². The Bertz CT molecular complexity index is 730. The van der Waals surface area contributed by atoms with Crippen molar-refractivity contribution >= 4 is 31.7 Å². The number of rotatable bonds is 3. The van der Waals surface area contributed by atoms with Crippen molar-refractivity contribution in [3.63, 3.8) is 0 Å². The Morgan fingerprint density at radius 2 is 1.96 bits per heavy atom. The minimum absolute atomic E-state index is 0.0283. The van der Waals surface area contributed by atoms with E-state index < -0.39 is 9.84 Å². The summed E-state index contributed by atoms with van der Waals surface area (Å²) < 4.78 is 29.2. The van der Waals surface area contributed by atoms with E-state index in [9.17, 15) is 13.2 Å². The quantitative estimate of drug-likeness (QED) is 0.744. The number of hydrogen-bond acceptors (Lipinski definition) is 5. The summed E-state index contributed by atoms with van der Waals surface area (Å²) in [6.45, 7) is 2.65. The molecule has 0 N–H and O–H groups in total. The number of sulfone groups is 1. The summed E-state index contributed by atoms with van der Waals surface area (Å²) in [7, 11) is -1.30. The lowest BCUT2D eigenvalue weighted by atomic mass is 10.1. The van der Waals surface area contributed by atoms with Crippen molar-refractivity contribution in [2.24, 2.45) is 0 Å². The number of carbonyl (C=O) groups excluding carboxylic acids is 1. The second kappa shape index (κ2) is 7.01.